The lowest BCUT2D eigenvalue weighted by atomic mass is 9.81. The Bertz CT molecular complexity index is 1340. The van der Waals surface area contributed by atoms with Crippen molar-refractivity contribution in [3.05, 3.63) is 100 Å². The number of benzene rings is 3. The lowest BCUT2D eigenvalue weighted by Gasteiger charge is -2.46. The maximum Gasteiger partial charge on any atom is 0.412 e. The number of rotatable bonds is 7. The SMILES string of the molecule is CC(CC(C(=O)NCc1ccc(Cl)cc1)c1ccc(F)cc1)N1CCC2(CC1)OC(=O)Nc1ccc(F)cc12. The molecule has 39 heavy (non-hydrogen) atoms. The molecule has 0 aromatic heterocycles. The van der Waals surface area contributed by atoms with E-state index in [0.717, 1.165) is 11.1 Å². The number of nitrogens with zero attached hydrogens (tertiary/aromatic N) is 1. The van der Waals surface area contributed by atoms with Crippen LogP contribution in [0.1, 0.15) is 48.8 Å². The minimum absolute atomic E-state index is 0.00285. The highest BCUT2D eigenvalue weighted by atomic mass is 35.5. The summed E-state index contributed by atoms with van der Waals surface area (Å²) in [7, 11) is 0. The fraction of sp³-hybridized carbons (Fsp3) is 0.333. The average Bonchev–Trinajstić information content (AvgIpc) is 2.92. The minimum atomic E-state index is -0.887. The fourth-order valence-electron chi connectivity index (χ4n) is 5.56. The first-order valence-electron chi connectivity index (χ1n) is 13.0. The third-order valence-electron chi connectivity index (χ3n) is 7.77. The van der Waals surface area contributed by atoms with Gasteiger partial charge in [0.05, 0.1) is 11.6 Å². The molecule has 2 unspecified atom stereocenters. The molecular formula is C30H30ClF2N3O3. The molecule has 6 nitrogen and oxygen atoms in total. The molecule has 2 aliphatic rings. The Morgan fingerprint density at radius 3 is 2.41 bits per heavy atom. The summed E-state index contributed by atoms with van der Waals surface area (Å²) in [5, 5.41) is 6.30. The summed E-state index contributed by atoms with van der Waals surface area (Å²) in [6.45, 7) is 3.62. The molecule has 2 atom stereocenters. The maximum atomic E-state index is 14.1. The number of halogens is 3. The standard InChI is InChI=1S/C30H30ClF2N3O3/c1-19(36-14-12-30(13-15-36)26-17-24(33)10-11-27(26)35-29(38)39-30)16-25(21-4-8-23(32)9-5-21)28(37)34-18-20-2-6-22(31)7-3-20/h2-11,17,19,25H,12-16,18H2,1H3,(H,34,37)(H,35,38). The number of carbonyl (C=O) groups is 2. The smallest absolute Gasteiger partial charge is 0.412 e. The van der Waals surface area contributed by atoms with E-state index in [4.69, 9.17) is 16.3 Å². The van der Waals surface area contributed by atoms with Crippen LogP contribution in [-0.4, -0.2) is 36.0 Å². The van der Waals surface area contributed by atoms with Gasteiger partial charge in [-0.3, -0.25) is 10.1 Å². The van der Waals surface area contributed by atoms with Gasteiger partial charge in [-0.25, -0.2) is 13.6 Å². The molecular weight excluding hydrogens is 524 g/mol. The van der Waals surface area contributed by atoms with E-state index in [2.05, 4.69) is 22.5 Å². The van der Waals surface area contributed by atoms with E-state index in [0.29, 0.717) is 55.2 Å². The third-order valence-corrected chi connectivity index (χ3v) is 8.02. The van der Waals surface area contributed by atoms with Crippen LogP contribution in [0.2, 0.25) is 5.02 Å². The van der Waals surface area contributed by atoms with Crippen LogP contribution in [0.5, 0.6) is 0 Å². The van der Waals surface area contributed by atoms with Gasteiger partial charge in [0.25, 0.3) is 0 Å². The summed E-state index contributed by atoms with van der Waals surface area (Å²) < 4.78 is 33.5. The van der Waals surface area contributed by atoms with Gasteiger partial charge in [0.15, 0.2) is 0 Å². The van der Waals surface area contributed by atoms with E-state index >= 15 is 0 Å². The molecule has 1 fully saturated rings. The molecule has 9 heteroatoms. The molecule has 0 aliphatic carbocycles. The molecule has 1 saturated heterocycles. The van der Waals surface area contributed by atoms with Crippen LogP contribution in [-0.2, 0) is 21.7 Å². The van der Waals surface area contributed by atoms with E-state index < -0.39 is 17.6 Å². The van der Waals surface area contributed by atoms with Gasteiger partial charge in [-0.1, -0.05) is 35.9 Å². The topological polar surface area (TPSA) is 70.7 Å². The Labute approximate surface area is 231 Å². The first-order valence-corrected chi connectivity index (χ1v) is 13.4. The van der Waals surface area contributed by atoms with Gasteiger partial charge in [0.2, 0.25) is 5.91 Å². The van der Waals surface area contributed by atoms with Gasteiger partial charge >= 0.3 is 6.09 Å². The highest BCUT2D eigenvalue weighted by Gasteiger charge is 2.45. The number of amides is 2. The molecule has 2 N–H and O–H groups in total. The summed E-state index contributed by atoms with van der Waals surface area (Å²) in [5.41, 5.74) is 2.00. The Balaban J connectivity index is 1.28. The molecule has 2 aliphatic heterocycles. The second-order valence-corrected chi connectivity index (χ2v) is 10.7. The highest BCUT2D eigenvalue weighted by molar-refractivity contribution is 6.30. The van der Waals surface area contributed by atoms with Gasteiger partial charge < -0.3 is 15.0 Å². The first-order chi connectivity index (χ1) is 18.7. The Hall–Kier alpha value is -3.49. The molecule has 0 bridgehead atoms. The van der Waals surface area contributed by atoms with Crippen LogP contribution in [0, 0.1) is 11.6 Å². The van der Waals surface area contributed by atoms with Crippen molar-refractivity contribution in [1.29, 1.82) is 0 Å². The molecule has 0 radical (unpaired) electrons. The molecule has 2 heterocycles. The van der Waals surface area contributed by atoms with E-state index in [9.17, 15) is 18.4 Å². The number of ether oxygens (including phenoxy) is 1. The average molecular weight is 554 g/mol. The van der Waals surface area contributed by atoms with Crippen LogP contribution in [0.15, 0.2) is 66.7 Å². The number of likely N-dealkylation sites (tertiary alicyclic amines) is 1. The zero-order chi connectivity index (χ0) is 27.6. The molecule has 5 rings (SSSR count). The predicted octanol–water partition coefficient (Wildman–Crippen LogP) is 6.35. The number of carbonyl (C=O) groups excluding carboxylic acids is 2. The normalized spacial score (nSPS) is 18.0. The van der Waals surface area contributed by atoms with Crippen LogP contribution in [0.25, 0.3) is 0 Å². The maximum absolute atomic E-state index is 14.1. The molecule has 3 aromatic carbocycles. The first kappa shape index (κ1) is 27.1. The molecule has 1 spiro atoms. The number of hydrogen-bond donors (Lipinski definition) is 2. The van der Waals surface area contributed by atoms with Crippen molar-refractivity contribution in [1.82, 2.24) is 10.2 Å². The lowest BCUT2D eigenvalue weighted by Crippen LogP contribution is -2.50. The van der Waals surface area contributed by atoms with Crippen LogP contribution < -0.4 is 10.6 Å². The van der Waals surface area contributed by atoms with Crippen molar-refractivity contribution in [3.8, 4) is 0 Å². The zero-order valence-electron chi connectivity index (χ0n) is 21.6. The second-order valence-electron chi connectivity index (χ2n) is 10.3. The predicted molar refractivity (Wildman–Crippen MR) is 146 cm³/mol. The van der Waals surface area contributed by atoms with Crippen molar-refractivity contribution in [2.24, 2.45) is 0 Å². The number of hydrogen-bond acceptors (Lipinski definition) is 4. The van der Waals surface area contributed by atoms with Crippen molar-refractivity contribution in [2.75, 3.05) is 18.4 Å². The van der Waals surface area contributed by atoms with Crippen LogP contribution in [0.3, 0.4) is 0 Å². The van der Waals surface area contributed by atoms with E-state index in [-0.39, 0.29) is 23.6 Å². The highest BCUT2D eigenvalue weighted by Crippen LogP contribution is 2.44. The molecule has 2 amide bonds. The monoisotopic (exact) mass is 553 g/mol. The van der Waals surface area contributed by atoms with Gasteiger partial charge in [-0.2, -0.15) is 0 Å². The van der Waals surface area contributed by atoms with Crippen LogP contribution in [0.4, 0.5) is 19.3 Å². The van der Waals surface area contributed by atoms with Crippen molar-refractivity contribution in [3.63, 3.8) is 0 Å². The summed E-state index contributed by atoms with van der Waals surface area (Å²) in [6.07, 6.45) is 0.984. The van der Waals surface area contributed by atoms with E-state index in [1.54, 1.807) is 30.3 Å². The number of nitrogens with one attached hydrogen (secondary N) is 2. The Morgan fingerprint density at radius 1 is 1.05 bits per heavy atom. The molecule has 204 valence electrons. The zero-order valence-corrected chi connectivity index (χ0v) is 22.3. The van der Waals surface area contributed by atoms with Gasteiger partial charge in [-0.15, -0.1) is 0 Å². The Morgan fingerprint density at radius 2 is 1.72 bits per heavy atom. The summed E-state index contributed by atoms with van der Waals surface area (Å²) >= 11 is 5.97. The molecule has 3 aromatic rings. The van der Waals surface area contributed by atoms with Crippen molar-refractivity contribution in [2.45, 2.75) is 50.3 Å². The van der Waals surface area contributed by atoms with E-state index in [1.165, 1.54) is 24.3 Å². The third kappa shape index (κ3) is 6.07. The lowest BCUT2D eigenvalue weighted by molar-refractivity contribution is -0.123. The van der Waals surface area contributed by atoms with Crippen LogP contribution >= 0.6 is 11.6 Å². The second kappa shape index (κ2) is 11.3. The Kier molecular flexibility index (Phi) is 7.86. The summed E-state index contributed by atoms with van der Waals surface area (Å²) in [4.78, 5) is 27.9. The number of piperidine rings is 1. The van der Waals surface area contributed by atoms with Crippen molar-refractivity contribution < 1.29 is 23.1 Å². The molecule has 0 saturated carbocycles. The largest absolute Gasteiger partial charge is 0.438 e. The number of anilines is 1. The summed E-state index contributed by atoms with van der Waals surface area (Å²) in [5.74, 6) is -1.37. The summed E-state index contributed by atoms with van der Waals surface area (Å²) in [6, 6.07) is 17.6. The minimum Gasteiger partial charge on any atom is -0.438 e. The quantitative estimate of drug-likeness (QED) is 0.358. The fourth-order valence-corrected chi connectivity index (χ4v) is 5.69. The van der Waals surface area contributed by atoms with E-state index in [1.807, 2.05) is 12.1 Å². The number of fused-ring (bicyclic) bond motifs is 2. The van der Waals surface area contributed by atoms with Gasteiger partial charge in [0.1, 0.15) is 17.2 Å². The van der Waals surface area contributed by atoms with Gasteiger partial charge in [-0.05, 0) is 66.9 Å². The van der Waals surface area contributed by atoms with Crippen molar-refractivity contribution >= 4 is 29.3 Å². The van der Waals surface area contributed by atoms with Gasteiger partial charge in [0, 0.05) is 49.1 Å².